The molecule has 1 aromatic rings. The van der Waals surface area contributed by atoms with E-state index in [1.54, 1.807) is 7.11 Å². The zero-order valence-electron chi connectivity index (χ0n) is 14.8. The van der Waals surface area contributed by atoms with Crippen LogP contribution in [-0.2, 0) is 19.0 Å². The van der Waals surface area contributed by atoms with Gasteiger partial charge < -0.3 is 18.9 Å². The fourth-order valence-electron chi connectivity index (χ4n) is 3.05. The van der Waals surface area contributed by atoms with Crippen molar-refractivity contribution in [3.63, 3.8) is 0 Å². The molecule has 0 bridgehead atoms. The van der Waals surface area contributed by atoms with E-state index in [-0.39, 0.29) is 5.76 Å². The Morgan fingerprint density at radius 2 is 1.83 bits per heavy atom. The molecule has 1 fully saturated rings. The van der Waals surface area contributed by atoms with E-state index >= 15 is 0 Å². The lowest BCUT2D eigenvalue weighted by Crippen LogP contribution is -2.19. The normalized spacial score (nSPS) is 21.2. The van der Waals surface area contributed by atoms with Crippen LogP contribution in [0, 0.1) is 6.92 Å². The average Bonchev–Trinajstić information content (AvgIpc) is 2.62. The van der Waals surface area contributed by atoms with Crippen molar-refractivity contribution < 1.29 is 23.7 Å². The highest BCUT2D eigenvalue weighted by molar-refractivity contribution is 5.86. The molecule has 0 spiro atoms. The molecule has 1 aliphatic rings. The molecule has 0 heterocycles. The first-order valence-electron chi connectivity index (χ1n) is 8.21. The minimum absolute atomic E-state index is 0.0309. The second-order valence-electron chi connectivity index (χ2n) is 6.05. The lowest BCUT2D eigenvalue weighted by molar-refractivity contribution is -0.138. The monoisotopic (exact) mass is 334 g/mol. The topological polar surface area (TPSA) is 54.0 Å². The molecule has 5 nitrogen and oxygen atoms in total. The molecular formula is C19H26O5. The molecule has 1 aromatic carbocycles. The Balaban J connectivity index is 2.16. The second-order valence-corrected chi connectivity index (χ2v) is 6.05. The molecule has 24 heavy (non-hydrogen) atoms. The van der Waals surface area contributed by atoms with Gasteiger partial charge in [-0.25, -0.2) is 4.79 Å². The van der Waals surface area contributed by atoms with Gasteiger partial charge in [-0.2, -0.15) is 0 Å². The summed E-state index contributed by atoms with van der Waals surface area (Å²) in [5.41, 5.74) is 2.18. The van der Waals surface area contributed by atoms with Crippen molar-refractivity contribution in [2.24, 2.45) is 0 Å². The maximum absolute atomic E-state index is 11.8. The number of aryl methyl sites for hydroxylation is 1. The Kier molecular flexibility index (Phi) is 6.67. The quantitative estimate of drug-likeness (QED) is 0.451. The number of rotatable bonds is 6. The maximum atomic E-state index is 11.8. The lowest BCUT2D eigenvalue weighted by Gasteiger charge is -2.28. The van der Waals surface area contributed by atoms with Crippen molar-refractivity contribution in [2.75, 3.05) is 21.3 Å². The number of ether oxygens (including phenoxy) is 4. The summed E-state index contributed by atoms with van der Waals surface area (Å²) in [5.74, 6) is 0.605. The molecule has 0 N–H and O–H groups in total. The first kappa shape index (κ1) is 18.3. The summed E-state index contributed by atoms with van der Waals surface area (Å²) in [6.45, 7) is 1.95. The fraction of sp³-hybridized carbons (Fsp3) is 0.526. The number of benzene rings is 1. The summed E-state index contributed by atoms with van der Waals surface area (Å²) < 4.78 is 20.8. The number of esters is 1. The molecule has 1 aliphatic carbocycles. The third-order valence-corrected chi connectivity index (χ3v) is 4.52. The largest absolute Gasteiger partial charge is 0.500 e. The van der Waals surface area contributed by atoms with E-state index in [0.717, 1.165) is 31.2 Å². The number of methoxy groups -OCH3 is 3. The predicted molar refractivity (Wildman–Crippen MR) is 90.9 cm³/mol. The summed E-state index contributed by atoms with van der Waals surface area (Å²) >= 11 is 0. The zero-order chi connectivity index (χ0) is 17.5. The smallest absolute Gasteiger partial charge is 0.377 e. The van der Waals surface area contributed by atoms with Crippen molar-refractivity contribution in [1.29, 1.82) is 0 Å². The molecule has 0 aliphatic heterocycles. The van der Waals surface area contributed by atoms with Gasteiger partial charge in [0.1, 0.15) is 12.0 Å². The zero-order valence-corrected chi connectivity index (χ0v) is 14.8. The maximum Gasteiger partial charge on any atom is 0.377 e. The standard InChI is InChI=1S/C19H26O5/c1-13-5-6-15(14-7-9-16(22-3)10-8-14)11-17(13)24-18(12-21-2)19(20)23-4/h5-6,11-12,14,16H,7-10H2,1-4H3/b18-12-. The first-order valence-corrected chi connectivity index (χ1v) is 8.21. The minimum atomic E-state index is -0.567. The van der Waals surface area contributed by atoms with Crippen LogP contribution in [-0.4, -0.2) is 33.4 Å². The van der Waals surface area contributed by atoms with Crippen molar-refractivity contribution in [3.8, 4) is 5.75 Å². The van der Waals surface area contributed by atoms with Crippen LogP contribution in [0.3, 0.4) is 0 Å². The lowest BCUT2D eigenvalue weighted by atomic mass is 9.82. The van der Waals surface area contributed by atoms with Crippen LogP contribution in [0.25, 0.3) is 0 Å². The third-order valence-electron chi connectivity index (χ3n) is 4.52. The molecule has 0 radical (unpaired) electrons. The summed E-state index contributed by atoms with van der Waals surface area (Å²) in [5, 5.41) is 0. The summed E-state index contributed by atoms with van der Waals surface area (Å²) in [6.07, 6.45) is 5.96. The SMILES string of the molecule is CO/C=C(\Oc1cc(C2CCC(OC)CC2)ccc1C)C(=O)OC. The van der Waals surface area contributed by atoms with Crippen LogP contribution in [0.2, 0.25) is 0 Å². The second kappa shape index (κ2) is 8.73. The molecule has 0 atom stereocenters. The fourth-order valence-corrected chi connectivity index (χ4v) is 3.05. The van der Waals surface area contributed by atoms with E-state index in [9.17, 15) is 4.79 Å². The highest BCUT2D eigenvalue weighted by Gasteiger charge is 2.23. The number of hydrogen-bond acceptors (Lipinski definition) is 5. The Hall–Kier alpha value is -2.01. The molecule has 0 amide bonds. The van der Waals surface area contributed by atoms with Gasteiger partial charge in [-0.1, -0.05) is 12.1 Å². The van der Waals surface area contributed by atoms with E-state index in [1.165, 1.54) is 26.0 Å². The van der Waals surface area contributed by atoms with Crippen molar-refractivity contribution in [3.05, 3.63) is 41.3 Å². The van der Waals surface area contributed by atoms with Crippen LogP contribution in [0.4, 0.5) is 0 Å². The van der Waals surface area contributed by atoms with E-state index in [1.807, 2.05) is 19.1 Å². The summed E-state index contributed by atoms with van der Waals surface area (Å²) in [4.78, 5) is 11.8. The Labute approximate surface area is 143 Å². The van der Waals surface area contributed by atoms with Crippen molar-refractivity contribution >= 4 is 5.97 Å². The van der Waals surface area contributed by atoms with Crippen molar-refractivity contribution in [1.82, 2.24) is 0 Å². The van der Waals surface area contributed by atoms with Gasteiger partial charge in [-0.3, -0.25) is 0 Å². The van der Waals surface area contributed by atoms with Crippen molar-refractivity contribution in [2.45, 2.75) is 44.6 Å². The minimum Gasteiger partial charge on any atom is -0.500 e. The number of carbonyl (C=O) groups is 1. The molecule has 0 saturated heterocycles. The molecule has 132 valence electrons. The molecule has 0 unspecified atom stereocenters. The molecule has 0 aromatic heterocycles. The predicted octanol–water partition coefficient (Wildman–Crippen LogP) is 3.71. The Morgan fingerprint density at radius 3 is 2.42 bits per heavy atom. The summed E-state index contributed by atoms with van der Waals surface area (Å²) in [7, 11) is 4.55. The van der Waals surface area contributed by atoms with Crippen LogP contribution < -0.4 is 4.74 Å². The van der Waals surface area contributed by atoms with Crippen LogP contribution in [0.15, 0.2) is 30.2 Å². The van der Waals surface area contributed by atoms with Gasteiger partial charge in [-0.05, 0) is 55.7 Å². The van der Waals surface area contributed by atoms with Gasteiger partial charge >= 0.3 is 5.97 Å². The van der Waals surface area contributed by atoms with Crippen LogP contribution in [0.5, 0.6) is 5.75 Å². The van der Waals surface area contributed by atoms with Gasteiger partial charge in [0.25, 0.3) is 0 Å². The van der Waals surface area contributed by atoms with E-state index in [0.29, 0.717) is 17.8 Å². The summed E-state index contributed by atoms with van der Waals surface area (Å²) in [6, 6.07) is 6.17. The van der Waals surface area contributed by atoms with E-state index in [2.05, 4.69) is 6.07 Å². The van der Waals surface area contributed by atoms with Gasteiger partial charge in [0.05, 0.1) is 20.3 Å². The average molecular weight is 334 g/mol. The van der Waals surface area contributed by atoms with Gasteiger partial charge in [-0.15, -0.1) is 0 Å². The van der Waals surface area contributed by atoms with Gasteiger partial charge in [0.15, 0.2) is 0 Å². The molecule has 2 rings (SSSR count). The molecular weight excluding hydrogens is 308 g/mol. The highest BCUT2D eigenvalue weighted by Crippen LogP contribution is 2.36. The van der Waals surface area contributed by atoms with Gasteiger partial charge in [0.2, 0.25) is 5.76 Å². The highest BCUT2D eigenvalue weighted by atomic mass is 16.6. The third kappa shape index (κ3) is 4.51. The first-order chi connectivity index (χ1) is 11.6. The number of carbonyl (C=O) groups excluding carboxylic acids is 1. The van der Waals surface area contributed by atoms with Crippen LogP contribution in [0.1, 0.15) is 42.7 Å². The molecule has 1 saturated carbocycles. The van der Waals surface area contributed by atoms with E-state index < -0.39 is 5.97 Å². The Morgan fingerprint density at radius 1 is 1.12 bits per heavy atom. The van der Waals surface area contributed by atoms with Crippen LogP contribution >= 0.6 is 0 Å². The molecule has 5 heteroatoms. The van der Waals surface area contributed by atoms with E-state index in [4.69, 9.17) is 18.9 Å². The number of hydrogen-bond donors (Lipinski definition) is 0. The Bertz CT molecular complexity index is 585. The van der Waals surface area contributed by atoms with Gasteiger partial charge in [0, 0.05) is 7.11 Å².